The van der Waals surface area contributed by atoms with Crippen LogP contribution in [0.3, 0.4) is 0 Å². The van der Waals surface area contributed by atoms with E-state index in [-0.39, 0.29) is 0 Å². The van der Waals surface area contributed by atoms with Crippen LogP contribution in [0.25, 0.3) is 0 Å². The van der Waals surface area contributed by atoms with E-state index < -0.39 is 5.67 Å². The summed E-state index contributed by atoms with van der Waals surface area (Å²) in [6.45, 7) is 4.89. The first-order valence-electron chi connectivity index (χ1n) is 5.66. The Hall–Kier alpha value is -0.550. The molecule has 78 valence electrons. The number of nitrogens with zero attached hydrogens (tertiary/aromatic N) is 1. The Balaban J connectivity index is 1.88. The van der Waals surface area contributed by atoms with Crippen molar-refractivity contribution in [2.45, 2.75) is 38.3 Å². The first kappa shape index (κ1) is 9.98. The van der Waals surface area contributed by atoms with E-state index in [4.69, 9.17) is 0 Å². The number of alkyl halides is 1. The third-order valence-electron chi connectivity index (χ3n) is 3.17. The second kappa shape index (κ2) is 3.90. The molecule has 0 aromatic carbocycles. The fourth-order valence-electron chi connectivity index (χ4n) is 1.81. The molecule has 1 aliphatic carbocycles. The van der Waals surface area contributed by atoms with Crippen LogP contribution < -0.4 is 0 Å². The van der Waals surface area contributed by atoms with Crippen molar-refractivity contribution in [2.24, 2.45) is 5.92 Å². The van der Waals surface area contributed by atoms with Crippen molar-refractivity contribution in [3.05, 3.63) is 0 Å². The monoisotopic (exact) mass is 195 g/mol. The highest BCUT2D eigenvalue weighted by Gasteiger charge is 2.32. The Kier molecular flexibility index (Phi) is 2.78. The fraction of sp³-hybridized carbons (Fsp3) is 0.833. The molecule has 0 amide bonds. The zero-order chi connectivity index (χ0) is 10.0. The zero-order valence-corrected chi connectivity index (χ0v) is 8.85. The molecule has 2 aliphatic rings. The largest absolute Gasteiger partial charge is 0.303 e. The van der Waals surface area contributed by atoms with E-state index in [1.54, 1.807) is 0 Å². The molecule has 0 radical (unpaired) electrons. The van der Waals surface area contributed by atoms with Crippen molar-refractivity contribution in [1.82, 2.24) is 4.90 Å². The molecule has 1 nitrogen and oxygen atoms in total. The van der Waals surface area contributed by atoms with Gasteiger partial charge in [0.2, 0.25) is 0 Å². The Morgan fingerprint density at radius 1 is 1.36 bits per heavy atom. The van der Waals surface area contributed by atoms with Crippen LogP contribution in [0.4, 0.5) is 4.39 Å². The Morgan fingerprint density at radius 2 is 2.00 bits per heavy atom. The van der Waals surface area contributed by atoms with Crippen LogP contribution in [0.5, 0.6) is 0 Å². The number of hydrogen-bond donors (Lipinski definition) is 0. The molecule has 0 spiro atoms. The second-order valence-electron chi connectivity index (χ2n) is 4.44. The van der Waals surface area contributed by atoms with Gasteiger partial charge < -0.3 is 4.90 Å². The topological polar surface area (TPSA) is 3.24 Å². The lowest BCUT2D eigenvalue weighted by Gasteiger charge is -2.32. The van der Waals surface area contributed by atoms with Crippen LogP contribution in [0.2, 0.25) is 0 Å². The smallest absolute Gasteiger partial charge is 0.173 e. The van der Waals surface area contributed by atoms with Crippen molar-refractivity contribution >= 4 is 0 Å². The molecule has 1 aliphatic heterocycles. The predicted molar refractivity (Wildman–Crippen MR) is 55.7 cm³/mol. The first-order valence-corrected chi connectivity index (χ1v) is 5.66. The third kappa shape index (κ3) is 2.48. The normalized spacial score (nSPS) is 26.7. The van der Waals surface area contributed by atoms with E-state index in [9.17, 15) is 4.39 Å². The summed E-state index contributed by atoms with van der Waals surface area (Å²) < 4.78 is 14.1. The molecule has 2 heteroatoms. The van der Waals surface area contributed by atoms with Crippen molar-refractivity contribution in [3.8, 4) is 11.8 Å². The first-order chi connectivity index (χ1) is 6.72. The van der Waals surface area contributed by atoms with Gasteiger partial charge in [-0.3, -0.25) is 0 Å². The molecule has 0 aromatic heterocycles. The van der Waals surface area contributed by atoms with Crippen LogP contribution in [0.15, 0.2) is 0 Å². The number of rotatable bonds is 1. The van der Waals surface area contributed by atoms with E-state index in [0.717, 1.165) is 19.6 Å². The highest BCUT2D eigenvalue weighted by atomic mass is 19.1. The minimum atomic E-state index is -1.17. The van der Waals surface area contributed by atoms with Gasteiger partial charge in [-0.1, -0.05) is 18.8 Å². The Bertz CT molecular complexity index is 251. The molecular formula is C12H18FN. The minimum Gasteiger partial charge on any atom is -0.303 e. The highest BCUT2D eigenvalue weighted by Crippen LogP contribution is 2.30. The van der Waals surface area contributed by atoms with Gasteiger partial charge in [0.25, 0.3) is 0 Å². The lowest BCUT2D eigenvalue weighted by atomic mass is 9.94. The minimum absolute atomic E-state index is 0.520. The van der Waals surface area contributed by atoms with Crippen LogP contribution in [-0.4, -0.2) is 30.2 Å². The summed E-state index contributed by atoms with van der Waals surface area (Å²) in [4.78, 5) is 2.29. The standard InChI is InChI=1S/C12H18FN/c1-2-14-9-7-12(13,8-10-14)6-5-11-3-4-11/h11H,2-4,7-10H2,1H3. The van der Waals surface area contributed by atoms with Gasteiger partial charge in [0.05, 0.1) is 0 Å². The van der Waals surface area contributed by atoms with E-state index in [1.807, 2.05) is 0 Å². The maximum absolute atomic E-state index is 14.1. The summed E-state index contributed by atoms with van der Waals surface area (Å²) in [6, 6.07) is 0. The van der Waals surface area contributed by atoms with Gasteiger partial charge in [0, 0.05) is 31.8 Å². The van der Waals surface area contributed by atoms with Gasteiger partial charge in [-0.2, -0.15) is 0 Å². The van der Waals surface area contributed by atoms with Crippen molar-refractivity contribution < 1.29 is 4.39 Å². The van der Waals surface area contributed by atoms with Gasteiger partial charge in [-0.15, -0.1) is 0 Å². The molecule has 2 rings (SSSR count). The summed E-state index contributed by atoms with van der Waals surface area (Å²) in [6.07, 6.45) is 3.56. The number of piperidine rings is 1. The molecule has 0 aromatic rings. The summed E-state index contributed by atoms with van der Waals surface area (Å²) in [5, 5.41) is 0. The number of likely N-dealkylation sites (tertiary alicyclic amines) is 1. The number of halogens is 1. The summed E-state index contributed by atoms with van der Waals surface area (Å²) in [7, 11) is 0. The van der Waals surface area contributed by atoms with Crippen LogP contribution in [0, 0.1) is 17.8 Å². The lowest BCUT2D eigenvalue weighted by Crippen LogP contribution is -2.40. The van der Waals surface area contributed by atoms with E-state index in [2.05, 4.69) is 23.7 Å². The maximum atomic E-state index is 14.1. The Labute approximate surface area is 85.7 Å². The van der Waals surface area contributed by atoms with E-state index in [0.29, 0.717) is 18.8 Å². The molecule has 14 heavy (non-hydrogen) atoms. The van der Waals surface area contributed by atoms with Gasteiger partial charge in [-0.25, -0.2) is 4.39 Å². The van der Waals surface area contributed by atoms with Crippen molar-refractivity contribution in [1.29, 1.82) is 0 Å². The van der Waals surface area contributed by atoms with Gasteiger partial charge in [-0.05, 0) is 19.4 Å². The molecule has 0 unspecified atom stereocenters. The lowest BCUT2D eigenvalue weighted by molar-refractivity contribution is 0.108. The van der Waals surface area contributed by atoms with Crippen LogP contribution in [-0.2, 0) is 0 Å². The zero-order valence-electron chi connectivity index (χ0n) is 8.85. The maximum Gasteiger partial charge on any atom is 0.173 e. The van der Waals surface area contributed by atoms with Crippen molar-refractivity contribution in [2.75, 3.05) is 19.6 Å². The third-order valence-corrected chi connectivity index (χ3v) is 3.17. The molecule has 1 saturated carbocycles. The van der Waals surface area contributed by atoms with E-state index >= 15 is 0 Å². The van der Waals surface area contributed by atoms with Crippen LogP contribution in [0.1, 0.15) is 32.6 Å². The van der Waals surface area contributed by atoms with Gasteiger partial charge in [0.1, 0.15) is 0 Å². The molecule has 2 fully saturated rings. The SMILES string of the molecule is CCN1CCC(F)(C#CC2CC2)CC1. The van der Waals surface area contributed by atoms with Crippen molar-refractivity contribution in [3.63, 3.8) is 0 Å². The molecule has 0 bridgehead atoms. The molecule has 1 heterocycles. The molecular weight excluding hydrogens is 177 g/mol. The van der Waals surface area contributed by atoms with Gasteiger partial charge >= 0.3 is 0 Å². The highest BCUT2D eigenvalue weighted by molar-refractivity contribution is 5.19. The quantitative estimate of drug-likeness (QED) is 0.580. The average Bonchev–Trinajstić information content (AvgIpc) is 3.00. The second-order valence-corrected chi connectivity index (χ2v) is 4.44. The van der Waals surface area contributed by atoms with Gasteiger partial charge in [0.15, 0.2) is 5.67 Å². The summed E-state index contributed by atoms with van der Waals surface area (Å²) in [5.41, 5.74) is -1.17. The predicted octanol–water partition coefficient (Wildman–Crippen LogP) is 2.22. The van der Waals surface area contributed by atoms with E-state index in [1.165, 1.54) is 12.8 Å². The average molecular weight is 195 g/mol. The summed E-state index contributed by atoms with van der Waals surface area (Å²) >= 11 is 0. The summed E-state index contributed by atoms with van der Waals surface area (Å²) in [5.74, 6) is 6.44. The Morgan fingerprint density at radius 3 is 2.50 bits per heavy atom. The van der Waals surface area contributed by atoms with Crippen LogP contribution >= 0.6 is 0 Å². The molecule has 0 N–H and O–H groups in total. The fourth-order valence-corrected chi connectivity index (χ4v) is 1.81. The molecule has 0 atom stereocenters. The number of hydrogen-bond acceptors (Lipinski definition) is 1. The molecule has 1 saturated heterocycles.